The molecular formula is C15H20N2O3. The average Bonchev–Trinajstić information content (AvgIpc) is 2.48. The summed E-state index contributed by atoms with van der Waals surface area (Å²) in [6, 6.07) is 8.90. The van der Waals surface area contributed by atoms with Crippen molar-refractivity contribution in [2.45, 2.75) is 18.9 Å². The van der Waals surface area contributed by atoms with Gasteiger partial charge in [0.25, 0.3) is 0 Å². The fourth-order valence-electron chi connectivity index (χ4n) is 2.40. The van der Waals surface area contributed by atoms with E-state index in [1.54, 1.807) is 12.0 Å². The topological polar surface area (TPSA) is 58.6 Å². The Morgan fingerprint density at radius 2 is 2.00 bits per heavy atom. The van der Waals surface area contributed by atoms with Gasteiger partial charge in [-0.2, -0.15) is 0 Å². The number of hydrogen-bond donors (Lipinski definition) is 1. The molecule has 0 aliphatic carbocycles. The minimum atomic E-state index is -0.514. The van der Waals surface area contributed by atoms with E-state index in [0.29, 0.717) is 13.2 Å². The smallest absolute Gasteiger partial charge is 0.247 e. The standard InChI is InChI=1S/C15H20N2O3/c1-20-10-6-5-9-17-13(18)11-16-15(19)14(17)12-7-3-2-4-8-12/h2-4,7-8,14H,5-6,9-11H2,1H3,(H,16,19). The van der Waals surface area contributed by atoms with Crippen molar-refractivity contribution in [3.05, 3.63) is 35.9 Å². The van der Waals surface area contributed by atoms with Crippen LogP contribution >= 0.6 is 0 Å². The minimum Gasteiger partial charge on any atom is -0.385 e. The van der Waals surface area contributed by atoms with Gasteiger partial charge in [0.05, 0.1) is 6.54 Å². The van der Waals surface area contributed by atoms with E-state index in [-0.39, 0.29) is 18.4 Å². The normalized spacial score (nSPS) is 19.1. The van der Waals surface area contributed by atoms with Crippen LogP contribution in [0.5, 0.6) is 0 Å². The molecule has 5 nitrogen and oxygen atoms in total. The summed E-state index contributed by atoms with van der Waals surface area (Å²) in [7, 11) is 1.66. The van der Waals surface area contributed by atoms with Crippen LogP contribution in [-0.4, -0.2) is 43.5 Å². The third-order valence-corrected chi connectivity index (χ3v) is 3.41. The largest absolute Gasteiger partial charge is 0.385 e. The van der Waals surface area contributed by atoms with Crippen molar-refractivity contribution < 1.29 is 14.3 Å². The number of methoxy groups -OCH3 is 1. The zero-order chi connectivity index (χ0) is 14.4. The molecule has 1 heterocycles. The number of nitrogens with one attached hydrogen (secondary N) is 1. The van der Waals surface area contributed by atoms with E-state index in [9.17, 15) is 9.59 Å². The lowest BCUT2D eigenvalue weighted by Gasteiger charge is -2.35. The number of unbranched alkanes of at least 4 members (excludes halogenated alkanes) is 1. The molecule has 2 amide bonds. The first-order chi connectivity index (χ1) is 9.74. The van der Waals surface area contributed by atoms with Crippen LogP contribution in [0, 0.1) is 0 Å². The quantitative estimate of drug-likeness (QED) is 0.792. The first kappa shape index (κ1) is 14.5. The predicted octanol–water partition coefficient (Wildman–Crippen LogP) is 1.11. The van der Waals surface area contributed by atoms with Gasteiger partial charge in [-0.1, -0.05) is 30.3 Å². The Labute approximate surface area is 118 Å². The minimum absolute atomic E-state index is 0.0316. The summed E-state index contributed by atoms with van der Waals surface area (Å²) in [5.74, 6) is -0.140. The molecule has 1 aliphatic rings. The molecule has 108 valence electrons. The van der Waals surface area contributed by atoms with Crippen LogP contribution in [0.25, 0.3) is 0 Å². The van der Waals surface area contributed by atoms with Gasteiger partial charge in [-0.05, 0) is 18.4 Å². The molecule has 0 spiro atoms. The van der Waals surface area contributed by atoms with E-state index in [0.717, 1.165) is 18.4 Å². The maximum Gasteiger partial charge on any atom is 0.247 e. The van der Waals surface area contributed by atoms with Crippen LogP contribution in [0.15, 0.2) is 30.3 Å². The van der Waals surface area contributed by atoms with Gasteiger partial charge in [-0.25, -0.2) is 0 Å². The van der Waals surface area contributed by atoms with Gasteiger partial charge in [0.2, 0.25) is 11.8 Å². The van der Waals surface area contributed by atoms with Gasteiger partial charge in [0.15, 0.2) is 0 Å². The average molecular weight is 276 g/mol. The van der Waals surface area contributed by atoms with Crippen LogP contribution in [0.3, 0.4) is 0 Å². The molecule has 1 aromatic rings. The van der Waals surface area contributed by atoms with Crippen molar-refractivity contribution in [3.8, 4) is 0 Å². The highest BCUT2D eigenvalue weighted by Crippen LogP contribution is 2.24. The molecular weight excluding hydrogens is 256 g/mol. The first-order valence-corrected chi connectivity index (χ1v) is 6.85. The predicted molar refractivity (Wildman–Crippen MR) is 75.0 cm³/mol. The third kappa shape index (κ3) is 3.36. The molecule has 0 bridgehead atoms. The number of hydrogen-bond acceptors (Lipinski definition) is 3. The summed E-state index contributed by atoms with van der Waals surface area (Å²) in [4.78, 5) is 25.8. The molecule has 1 saturated heterocycles. The highest BCUT2D eigenvalue weighted by Gasteiger charge is 2.34. The molecule has 20 heavy (non-hydrogen) atoms. The summed E-state index contributed by atoms with van der Waals surface area (Å²) < 4.78 is 5.01. The molecule has 1 aromatic carbocycles. The second kappa shape index (κ2) is 7.05. The van der Waals surface area contributed by atoms with Crippen molar-refractivity contribution in [2.75, 3.05) is 26.8 Å². The maximum atomic E-state index is 12.1. The summed E-state index contributed by atoms with van der Waals surface area (Å²) >= 11 is 0. The highest BCUT2D eigenvalue weighted by molar-refractivity contribution is 5.95. The van der Waals surface area contributed by atoms with Crippen LogP contribution in [0.2, 0.25) is 0 Å². The van der Waals surface area contributed by atoms with Crippen molar-refractivity contribution in [2.24, 2.45) is 0 Å². The van der Waals surface area contributed by atoms with Gasteiger partial charge >= 0.3 is 0 Å². The molecule has 1 aliphatic heterocycles. The lowest BCUT2D eigenvalue weighted by atomic mass is 10.0. The molecule has 0 saturated carbocycles. The molecule has 1 atom stereocenters. The van der Waals surface area contributed by atoms with Gasteiger partial charge in [-0.3, -0.25) is 9.59 Å². The molecule has 1 N–H and O–H groups in total. The lowest BCUT2D eigenvalue weighted by Crippen LogP contribution is -2.53. The van der Waals surface area contributed by atoms with Crippen molar-refractivity contribution in [1.29, 1.82) is 0 Å². The van der Waals surface area contributed by atoms with E-state index < -0.39 is 6.04 Å². The van der Waals surface area contributed by atoms with Crippen molar-refractivity contribution >= 4 is 11.8 Å². The second-order valence-electron chi connectivity index (χ2n) is 4.82. The SMILES string of the molecule is COCCCCN1C(=O)CNC(=O)C1c1ccccc1. The van der Waals surface area contributed by atoms with E-state index in [2.05, 4.69) is 5.32 Å². The van der Waals surface area contributed by atoms with Crippen LogP contribution < -0.4 is 5.32 Å². The molecule has 5 heteroatoms. The number of ether oxygens (including phenoxy) is 1. The van der Waals surface area contributed by atoms with Crippen LogP contribution in [-0.2, 0) is 14.3 Å². The fourth-order valence-corrected chi connectivity index (χ4v) is 2.40. The Balaban J connectivity index is 2.11. The summed E-state index contributed by atoms with van der Waals surface area (Å²) in [6.45, 7) is 1.34. The molecule has 1 unspecified atom stereocenters. The number of carbonyl (C=O) groups is 2. The van der Waals surface area contributed by atoms with Gasteiger partial charge < -0.3 is 15.0 Å². The monoisotopic (exact) mass is 276 g/mol. The molecule has 0 aromatic heterocycles. The third-order valence-electron chi connectivity index (χ3n) is 3.41. The zero-order valence-corrected chi connectivity index (χ0v) is 11.7. The number of rotatable bonds is 6. The van der Waals surface area contributed by atoms with Crippen molar-refractivity contribution in [1.82, 2.24) is 10.2 Å². The van der Waals surface area contributed by atoms with Crippen LogP contribution in [0.1, 0.15) is 24.4 Å². The highest BCUT2D eigenvalue weighted by atomic mass is 16.5. The second-order valence-corrected chi connectivity index (χ2v) is 4.82. The zero-order valence-electron chi connectivity index (χ0n) is 11.7. The van der Waals surface area contributed by atoms with Crippen LogP contribution in [0.4, 0.5) is 0 Å². The molecule has 0 radical (unpaired) electrons. The Bertz CT molecular complexity index is 461. The fraction of sp³-hybridized carbons (Fsp3) is 0.467. The lowest BCUT2D eigenvalue weighted by molar-refractivity contribution is -0.146. The maximum absolute atomic E-state index is 12.1. The Morgan fingerprint density at radius 1 is 1.25 bits per heavy atom. The van der Waals surface area contributed by atoms with Gasteiger partial charge in [-0.15, -0.1) is 0 Å². The Morgan fingerprint density at radius 3 is 2.70 bits per heavy atom. The van der Waals surface area contributed by atoms with Gasteiger partial charge in [0.1, 0.15) is 6.04 Å². The van der Waals surface area contributed by atoms with E-state index in [1.165, 1.54) is 0 Å². The summed E-state index contributed by atoms with van der Waals surface area (Å²) in [5.41, 5.74) is 0.852. The molecule has 1 fully saturated rings. The van der Waals surface area contributed by atoms with E-state index >= 15 is 0 Å². The number of benzene rings is 1. The van der Waals surface area contributed by atoms with Crippen molar-refractivity contribution in [3.63, 3.8) is 0 Å². The van der Waals surface area contributed by atoms with E-state index in [4.69, 9.17) is 4.74 Å². The number of nitrogens with zero attached hydrogens (tertiary/aromatic N) is 1. The number of amides is 2. The number of carbonyl (C=O) groups excluding carboxylic acids is 2. The number of piperazine rings is 1. The summed E-state index contributed by atoms with van der Waals surface area (Å²) in [6.07, 6.45) is 1.71. The van der Waals surface area contributed by atoms with Gasteiger partial charge in [0, 0.05) is 20.3 Å². The Kier molecular flexibility index (Phi) is 5.12. The summed E-state index contributed by atoms with van der Waals surface area (Å²) in [5, 5.41) is 2.66. The Hall–Kier alpha value is -1.88. The molecule has 2 rings (SSSR count). The van der Waals surface area contributed by atoms with E-state index in [1.807, 2.05) is 30.3 Å². The first-order valence-electron chi connectivity index (χ1n) is 6.85.